The summed E-state index contributed by atoms with van der Waals surface area (Å²) in [5, 5.41) is 4.06. The van der Waals surface area contributed by atoms with Crippen LogP contribution < -0.4 is 5.32 Å². The molecule has 3 nitrogen and oxygen atoms in total. The Kier molecular flexibility index (Phi) is 5.12. The number of carbonyl (C=O) groups excluding carboxylic acids is 1. The fourth-order valence-electron chi connectivity index (χ4n) is 3.51. The SMILES string of the molecule is O=C(C(Nc1ccccc1)c1ccc(Cl)cc1)N1CCc2ccccc2C1. The van der Waals surface area contributed by atoms with Gasteiger partial charge in [0.15, 0.2) is 0 Å². The first-order valence-electron chi connectivity index (χ1n) is 9.13. The Hall–Kier alpha value is -2.78. The smallest absolute Gasteiger partial charge is 0.250 e. The highest BCUT2D eigenvalue weighted by molar-refractivity contribution is 6.30. The Balaban J connectivity index is 1.61. The lowest BCUT2D eigenvalue weighted by Gasteiger charge is -2.32. The second-order valence-electron chi connectivity index (χ2n) is 6.77. The van der Waals surface area contributed by atoms with E-state index in [1.54, 1.807) is 0 Å². The van der Waals surface area contributed by atoms with Gasteiger partial charge in [-0.15, -0.1) is 0 Å². The predicted molar refractivity (Wildman–Crippen MR) is 110 cm³/mol. The summed E-state index contributed by atoms with van der Waals surface area (Å²) in [5.41, 5.74) is 4.39. The molecule has 0 bridgehead atoms. The standard InChI is InChI=1S/C23H21ClN2O/c24-20-12-10-18(11-13-20)22(25-21-8-2-1-3-9-21)23(27)26-15-14-17-6-4-5-7-19(17)16-26/h1-13,22,25H,14-16H2. The molecule has 136 valence electrons. The zero-order valence-electron chi connectivity index (χ0n) is 14.9. The first-order valence-corrected chi connectivity index (χ1v) is 9.51. The highest BCUT2D eigenvalue weighted by atomic mass is 35.5. The van der Waals surface area contributed by atoms with Crippen molar-refractivity contribution in [2.24, 2.45) is 0 Å². The van der Waals surface area contributed by atoms with Crippen LogP contribution in [0.1, 0.15) is 22.7 Å². The van der Waals surface area contributed by atoms with Gasteiger partial charge in [0.2, 0.25) is 5.91 Å². The molecule has 0 radical (unpaired) electrons. The number of hydrogen-bond donors (Lipinski definition) is 1. The molecule has 0 saturated heterocycles. The van der Waals surface area contributed by atoms with E-state index < -0.39 is 6.04 Å². The number of nitrogens with zero attached hydrogens (tertiary/aromatic N) is 1. The molecule has 27 heavy (non-hydrogen) atoms. The molecule has 3 aromatic rings. The minimum atomic E-state index is -0.449. The molecule has 3 aromatic carbocycles. The van der Waals surface area contributed by atoms with Gasteiger partial charge in [0, 0.05) is 23.8 Å². The number of amides is 1. The molecule has 0 aliphatic carbocycles. The van der Waals surface area contributed by atoms with E-state index in [9.17, 15) is 4.79 Å². The molecular formula is C23H21ClN2O. The van der Waals surface area contributed by atoms with E-state index in [1.165, 1.54) is 11.1 Å². The van der Waals surface area contributed by atoms with Crippen LogP contribution in [-0.4, -0.2) is 17.4 Å². The Morgan fingerprint density at radius 3 is 2.30 bits per heavy atom. The molecule has 4 rings (SSSR count). The van der Waals surface area contributed by atoms with E-state index in [0.29, 0.717) is 11.6 Å². The molecule has 1 atom stereocenters. The van der Waals surface area contributed by atoms with Crippen LogP contribution in [0.3, 0.4) is 0 Å². The highest BCUT2D eigenvalue weighted by Crippen LogP contribution is 2.26. The number of benzene rings is 3. The van der Waals surface area contributed by atoms with Crippen molar-refractivity contribution in [3.8, 4) is 0 Å². The van der Waals surface area contributed by atoms with Crippen molar-refractivity contribution in [1.29, 1.82) is 0 Å². The monoisotopic (exact) mass is 376 g/mol. The Morgan fingerprint density at radius 2 is 1.56 bits per heavy atom. The quantitative estimate of drug-likeness (QED) is 0.688. The number of carbonyl (C=O) groups is 1. The molecule has 0 fully saturated rings. The topological polar surface area (TPSA) is 32.3 Å². The van der Waals surface area contributed by atoms with Crippen molar-refractivity contribution in [3.05, 3.63) is 101 Å². The van der Waals surface area contributed by atoms with Gasteiger partial charge in [-0.25, -0.2) is 0 Å². The van der Waals surface area contributed by atoms with E-state index >= 15 is 0 Å². The van der Waals surface area contributed by atoms with Crippen LogP contribution in [0.4, 0.5) is 5.69 Å². The van der Waals surface area contributed by atoms with Crippen molar-refractivity contribution < 1.29 is 4.79 Å². The van der Waals surface area contributed by atoms with Crippen molar-refractivity contribution in [1.82, 2.24) is 4.90 Å². The van der Waals surface area contributed by atoms with Gasteiger partial charge in [0.1, 0.15) is 6.04 Å². The maximum atomic E-state index is 13.4. The first-order chi connectivity index (χ1) is 13.2. The first kappa shape index (κ1) is 17.6. The summed E-state index contributed by atoms with van der Waals surface area (Å²) in [5.74, 6) is 0.0793. The summed E-state index contributed by atoms with van der Waals surface area (Å²) in [7, 11) is 0. The number of nitrogens with one attached hydrogen (secondary N) is 1. The number of rotatable bonds is 4. The van der Waals surface area contributed by atoms with Crippen LogP contribution in [0.2, 0.25) is 5.02 Å². The molecule has 1 aliphatic heterocycles. The summed E-state index contributed by atoms with van der Waals surface area (Å²) in [4.78, 5) is 15.4. The summed E-state index contributed by atoms with van der Waals surface area (Å²) in [6.45, 7) is 1.38. The van der Waals surface area contributed by atoms with Gasteiger partial charge in [0.25, 0.3) is 0 Å². The van der Waals surface area contributed by atoms with E-state index in [0.717, 1.165) is 24.2 Å². The van der Waals surface area contributed by atoms with Crippen LogP contribution in [0.25, 0.3) is 0 Å². The van der Waals surface area contributed by atoms with E-state index in [-0.39, 0.29) is 5.91 Å². The highest BCUT2D eigenvalue weighted by Gasteiger charge is 2.28. The van der Waals surface area contributed by atoms with Crippen LogP contribution in [0.5, 0.6) is 0 Å². The van der Waals surface area contributed by atoms with Crippen LogP contribution in [0.15, 0.2) is 78.9 Å². The average Bonchev–Trinajstić information content (AvgIpc) is 2.73. The largest absolute Gasteiger partial charge is 0.370 e. The number of anilines is 1. The molecule has 1 N–H and O–H groups in total. The number of para-hydroxylation sites is 1. The van der Waals surface area contributed by atoms with E-state index in [2.05, 4.69) is 23.5 Å². The van der Waals surface area contributed by atoms with Crippen LogP contribution in [-0.2, 0) is 17.8 Å². The Labute approximate surface area is 164 Å². The fraction of sp³-hybridized carbons (Fsp3) is 0.174. The maximum Gasteiger partial charge on any atom is 0.250 e. The molecular weight excluding hydrogens is 356 g/mol. The molecule has 0 aromatic heterocycles. The fourth-order valence-corrected chi connectivity index (χ4v) is 3.64. The molecule has 1 aliphatic rings. The van der Waals surface area contributed by atoms with Gasteiger partial charge in [-0.3, -0.25) is 4.79 Å². The van der Waals surface area contributed by atoms with Crippen molar-refractivity contribution in [2.75, 3.05) is 11.9 Å². The number of halogens is 1. The van der Waals surface area contributed by atoms with Gasteiger partial charge in [0.05, 0.1) is 0 Å². The molecule has 1 amide bonds. The van der Waals surface area contributed by atoms with Gasteiger partial charge in [-0.05, 0) is 47.4 Å². The predicted octanol–water partition coefficient (Wildman–Crippen LogP) is 5.08. The van der Waals surface area contributed by atoms with Crippen molar-refractivity contribution >= 4 is 23.2 Å². The second kappa shape index (κ2) is 7.85. The normalized spacial score (nSPS) is 14.3. The van der Waals surface area contributed by atoms with Gasteiger partial charge >= 0.3 is 0 Å². The summed E-state index contributed by atoms with van der Waals surface area (Å²) in [6.07, 6.45) is 0.889. The zero-order chi connectivity index (χ0) is 18.6. The third kappa shape index (κ3) is 3.99. The minimum Gasteiger partial charge on any atom is -0.370 e. The van der Waals surface area contributed by atoms with Crippen molar-refractivity contribution in [3.63, 3.8) is 0 Å². The van der Waals surface area contributed by atoms with Crippen LogP contribution >= 0.6 is 11.6 Å². The Morgan fingerprint density at radius 1 is 0.889 bits per heavy atom. The summed E-state index contributed by atoms with van der Waals surface area (Å²) in [6, 6.07) is 25.2. The minimum absolute atomic E-state index is 0.0793. The van der Waals surface area contributed by atoms with Gasteiger partial charge in [-0.2, -0.15) is 0 Å². The zero-order valence-corrected chi connectivity index (χ0v) is 15.7. The Bertz CT molecular complexity index is 925. The number of hydrogen-bond acceptors (Lipinski definition) is 2. The van der Waals surface area contributed by atoms with E-state index in [4.69, 9.17) is 11.6 Å². The lowest BCUT2D eigenvalue weighted by Crippen LogP contribution is -2.41. The summed E-state index contributed by atoms with van der Waals surface area (Å²) >= 11 is 6.05. The van der Waals surface area contributed by atoms with Gasteiger partial charge < -0.3 is 10.2 Å². The van der Waals surface area contributed by atoms with Gasteiger partial charge in [-0.1, -0.05) is 66.2 Å². The summed E-state index contributed by atoms with van der Waals surface area (Å²) < 4.78 is 0. The number of fused-ring (bicyclic) bond motifs is 1. The molecule has 0 spiro atoms. The maximum absolute atomic E-state index is 13.4. The average molecular weight is 377 g/mol. The second-order valence-corrected chi connectivity index (χ2v) is 7.21. The molecule has 1 heterocycles. The van der Waals surface area contributed by atoms with Crippen molar-refractivity contribution in [2.45, 2.75) is 19.0 Å². The molecule has 1 unspecified atom stereocenters. The van der Waals surface area contributed by atoms with Crippen LogP contribution in [0, 0.1) is 0 Å². The third-order valence-corrected chi connectivity index (χ3v) is 5.23. The lowest BCUT2D eigenvalue weighted by atomic mass is 9.98. The molecule has 0 saturated carbocycles. The molecule has 4 heteroatoms. The lowest BCUT2D eigenvalue weighted by molar-refractivity contribution is -0.133. The third-order valence-electron chi connectivity index (χ3n) is 4.98. The van der Waals surface area contributed by atoms with E-state index in [1.807, 2.05) is 65.6 Å².